The van der Waals surface area contributed by atoms with E-state index < -0.39 is 0 Å². The predicted molar refractivity (Wildman–Crippen MR) is 128 cm³/mol. The molecule has 152 valence electrons. The van der Waals surface area contributed by atoms with Crippen LogP contribution in [0, 0.1) is 6.92 Å². The molecule has 3 aromatic heterocycles. The molecular formula is C28H19N3O. The molecule has 0 bridgehead atoms. The van der Waals surface area contributed by atoms with Gasteiger partial charge in [-0.2, -0.15) is 0 Å². The Kier molecular flexibility index (Phi) is 4.29. The van der Waals surface area contributed by atoms with Crippen LogP contribution >= 0.6 is 0 Å². The van der Waals surface area contributed by atoms with E-state index in [9.17, 15) is 0 Å². The number of rotatable bonds is 3. The van der Waals surface area contributed by atoms with E-state index in [1.807, 2.05) is 43.5 Å². The van der Waals surface area contributed by atoms with Crippen LogP contribution in [0.5, 0.6) is 0 Å². The van der Waals surface area contributed by atoms with Crippen molar-refractivity contribution < 1.29 is 4.42 Å². The molecule has 6 aromatic rings. The number of fused-ring (bicyclic) bond motifs is 3. The topological polar surface area (TPSA) is 51.8 Å². The molecule has 0 atom stereocenters. The smallest absolute Gasteiger partial charge is 0.136 e. The van der Waals surface area contributed by atoms with Gasteiger partial charge in [0.05, 0.1) is 11.4 Å². The molecule has 6 rings (SSSR count). The highest BCUT2D eigenvalue weighted by Crippen LogP contribution is 2.33. The van der Waals surface area contributed by atoms with Gasteiger partial charge in [0, 0.05) is 39.9 Å². The molecule has 0 aliphatic rings. The van der Waals surface area contributed by atoms with Crippen molar-refractivity contribution in [3.63, 3.8) is 0 Å². The summed E-state index contributed by atoms with van der Waals surface area (Å²) >= 11 is 0. The minimum absolute atomic E-state index is 0.731. The number of nitrogens with zero attached hydrogens (tertiary/aromatic N) is 3. The zero-order valence-corrected chi connectivity index (χ0v) is 17.5. The fraction of sp³-hybridized carbons (Fsp3) is 0.0357. The van der Waals surface area contributed by atoms with Crippen LogP contribution in [0.4, 0.5) is 0 Å². The lowest BCUT2D eigenvalue weighted by Gasteiger charge is -2.09. The highest BCUT2D eigenvalue weighted by atomic mass is 16.3. The number of benzene rings is 3. The van der Waals surface area contributed by atoms with Gasteiger partial charge < -0.3 is 4.42 Å². The van der Waals surface area contributed by atoms with Crippen molar-refractivity contribution in [3.8, 4) is 33.6 Å². The summed E-state index contributed by atoms with van der Waals surface area (Å²) in [6, 6.07) is 28.8. The first-order chi connectivity index (χ1) is 15.7. The predicted octanol–water partition coefficient (Wildman–Crippen LogP) is 7.08. The Labute approximate surface area is 185 Å². The molecule has 4 heteroatoms. The number of hydrogen-bond acceptors (Lipinski definition) is 4. The van der Waals surface area contributed by atoms with Crippen molar-refractivity contribution in [1.82, 2.24) is 15.0 Å². The maximum absolute atomic E-state index is 6.08. The number of furan rings is 1. The molecule has 0 saturated carbocycles. The largest absolute Gasteiger partial charge is 0.456 e. The van der Waals surface area contributed by atoms with E-state index in [1.54, 1.807) is 6.20 Å². The van der Waals surface area contributed by atoms with Crippen LogP contribution in [0.3, 0.4) is 0 Å². The van der Waals surface area contributed by atoms with Crippen LogP contribution in [0.1, 0.15) is 5.82 Å². The number of para-hydroxylation sites is 1. The Bertz CT molecular complexity index is 1590. The van der Waals surface area contributed by atoms with Crippen molar-refractivity contribution >= 4 is 21.9 Å². The number of aryl methyl sites for hydroxylation is 1. The Balaban J connectivity index is 1.45. The molecule has 0 spiro atoms. The lowest BCUT2D eigenvalue weighted by Crippen LogP contribution is -1.95. The molecule has 0 amide bonds. The van der Waals surface area contributed by atoms with Crippen LogP contribution in [0.15, 0.2) is 102 Å². The minimum atomic E-state index is 0.731. The van der Waals surface area contributed by atoms with Gasteiger partial charge in [0.1, 0.15) is 17.0 Å². The summed E-state index contributed by atoms with van der Waals surface area (Å²) in [5.74, 6) is 0.731. The maximum Gasteiger partial charge on any atom is 0.136 e. The van der Waals surface area contributed by atoms with Crippen molar-refractivity contribution in [2.24, 2.45) is 0 Å². The van der Waals surface area contributed by atoms with Gasteiger partial charge in [0.15, 0.2) is 0 Å². The Morgan fingerprint density at radius 3 is 2.19 bits per heavy atom. The first kappa shape index (κ1) is 18.5. The van der Waals surface area contributed by atoms with Crippen LogP contribution in [0.25, 0.3) is 55.6 Å². The summed E-state index contributed by atoms with van der Waals surface area (Å²) in [4.78, 5) is 13.7. The van der Waals surface area contributed by atoms with Gasteiger partial charge in [0.25, 0.3) is 0 Å². The SMILES string of the molecule is Cc1nc(-c2cccc(-c3cccnc3)c2)cc(-c2ccc3c(c2)oc2ccccc23)n1. The molecule has 0 aliphatic heterocycles. The molecule has 3 heterocycles. The van der Waals surface area contributed by atoms with E-state index in [0.29, 0.717) is 0 Å². The van der Waals surface area contributed by atoms with E-state index in [2.05, 4.69) is 59.6 Å². The molecule has 0 aliphatic carbocycles. The molecule has 0 saturated heterocycles. The van der Waals surface area contributed by atoms with Gasteiger partial charge in [-0.15, -0.1) is 0 Å². The normalized spacial score (nSPS) is 11.3. The van der Waals surface area contributed by atoms with Crippen molar-refractivity contribution in [2.45, 2.75) is 6.92 Å². The standard InChI is InChI=1S/C28H19N3O/c1-18-30-25(20-7-4-6-19(14-20)22-8-5-13-29-17-22)16-26(31-18)21-11-12-24-23-9-2-3-10-27(23)32-28(24)15-21/h2-17H,1H3. The zero-order valence-electron chi connectivity index (χ0n) is 17.5. The van der Waals surface area contributed by atoms with Gasteiger partial charge in [0.2, 0.25) is 0 Å². The number of hydrogen-bond donors (Lipinski definition) is 0. The summed E-state index contributed by atoms with van der Waals surface area (Å²) in [5.41, 5.74) is 7.76. The third-order valence-corrected chi connectivity index (χ3v) is 5.67. The second-order valence-corrected chi connectivity index (χ2v) is 7.82. The van der Waals surface area contributed by atoms with E-state index in [0.717, 1.165) is 61.4 Å². The third-order valence-electron chi connectivity index (χ3n) is 5.67. The molecule has 0 unspecified atom stereocenters. The van der Waals surface area contributed by atoms with Crippen molar-refractivity contribution in [2.75, 3.05) is 0 Å². The summed E-state index contributed by atoms with van der Waals surface area (Å²) < 4.78 is 6.08. The maximum atomic E-state index is 6.08. The highest BCUT2D eigenvalue weighted by molar-refractivity contribution is 6.05. The first-order valence-corrected chi connectivity index (χ1v) is 10.5. The quantitative estimate of drug-likeness (QED) is 0.311. The Hall–Kier alpha value is -4.31. The summed E-state index contributed by atoms with van der Waals surface area (Å²) in [6.45, 7) is 1.93. The minimum Gasteiger partial charge on any atom is -0.456 e. The molecule has 4 nitrogen and oxygen atoms in total. The lowest BCUT2D eigenvalue weighted by molar-refractivity contribution is 0.669. The van der Waals surface area contributed by atoms with Gasteiger partial charge in [-0.05, 0) is 48.9 Å². The summed E-state index contributed by atoms with van der Waals surface area (Å²) in [6.07, 6.45) is 3.66. The van der Waals surface area contributed by atoms with Gasteiger partial charge in [-0.3, -0.25) is 4.98 Å². The Morgan fingerprint density at radius 2 is 1.34 bits per heavy atom. The molecule has 3 aromatic carbocycles. The van der Waals surface area contributed by atoms with Crippen LogP contribution < -0.4 is 0 Å². The average Bonchev–Trinajstić information content (AvgIpc) is 3.22. The molecular weight excluding hydrogens is 394 g/mol. The highest BCUT2D eigenvalue weighted by Gasteiger charge is 2.11. The van der Waals surface area contributed by atoms with Crippen LogP contribution in [-0.4, -0.2) is 15.0 Å². The second kappa shape index (κ2) is 7.43. The molecule has 32 heavy (non-hydrogen) atoms. The Morgan fingerprint density at radius 1 is 0.594 bits per heavy atom. The fourth-order valence-electron chi connectivity index (χ4n) is 4.14. The first-order valence-electron chi connectivity index (χ1n) is 10.5. The summed E-state index contributed by atoms with van der Waals surface area (Å²) in [5, 5.41) is 2.24. The van der Waals surface area contributed by atoms with Gasteiger partial charge >= 0.3 is 0 Å². The third kappa shape index (κ3) is 3.22. The number of pyridine rings is 1. The van der Waals surface area contributed by atoms with Crippen molar-refractivity contribution in [3.05, 3.63) is 103 Å². The molecule has 0 radical (unpaired) electrons. The fourth-order valence-corrected chi connectivity index (χ4v) is 4.14. The van der Waals surface area contributed by atoms with Gasteiger partial charge in [-0.25, -0.2) is 9.97 Å². The monoisotopic (exact) mass is 413 g/mol. The number of aromatic nitrogens is 3. The second-order valence-electron chi connectivity index (χ2n) is 7.82. The lowest BCUT2D eigenvalue weighted by atomic mass is 10.0. The van der Waals surface area contributed by atoms with E-state index in [-0.39, 0.29) is 0 Å². The van der Waals surface area contributed by atoms with Crippen LogP contribution in [-0.2, 0) is 0 Å². The van der Waals surface area contributed by atoms with E-state index >= 15 is 0 Å². The van der Waals surface area contributed by atoms with E-state index in [4.69, 9.17) is 14.4 Å². The average molecular weight is 413 g/mol. The zero-order chi connectivity index (χ0) is 21.5. The van der Waals surface area contributed by atoms with Crippen LogP contribution in [0.2, 0.25) is 0 Å². The van der Waals surface area contributed by atoms with Gasteiger partial charge in [-0.1, -0.05) is 48.5 Å². The van der Waals surface area contributed by atoms with E-state index in [1.165, 1.54) is 0 Å². The molecule has 0 fully saturated rings. The molecule has 0 N–H and O–H groups in total. The summed E-state index contributed by atoms with van der Waals surface area (Å²) in [7, 11) is 0. The van der Waals surface area contributed by atoms with Crippen molar-refractivity contribution in [1.29, 1.82) is 0 Å².